The molecule has 1 saturated carbocycles. The summed E-state index contributed by atoms with van der Waals surface area (Å²) in [4.78, 5) is 21.4. The van der Waals surface area contributed by atoms with Gasteiger partial charge in [0.1, 0.15) is 11.3 Å². The van der Waals surface area contributed by atoms with Crippen molar-refractivity contribution in [3.63, 3.8) is 0 Å². The van der Waals surface area contributed by atoms with Crippen LogP contribution in [-0.4, -0.2) is 27.0 Å². The lowest BCUT2D eigenvalue weighted by Gasteiger charge is -2.11. The second kappa shape index (κ2) is 7.26. The number of benzene rings is 1. The molecule has 0 saturated heterocycles. The van der Waals surface area contributed by atoms with E-state index in [4.69, 9.17) is 5.73 Å². The molecule has 3 N–H and O–H groups in total. The standard InChI is InChI=1S/C22H27N5O/c1-13-14(2)25-21(23)19-20(13)27(15(3)26-19)11-7-10-24-22(28)18-12-17(18)16-8-5-4-6-9-16/h4-6,8-9,17-18H,7,10-12H2,1-3H3,(H2,23,25)(H,24,28)/t17-,18+/m0/s1. The number of nitrogens with two attached hydrogens (primary N) is 1. The number of carbonyl (C=O) groups is 1. The molecule has 1 fully saturated rings. The third kappa shape index (κ3) is 3.35. The monoisotopic (exact) mass is 377 g/mol. The van der Waals surface area contributed by atoms with Gasteiger partial charge < -0.3 is 15.6 Å². The van der Waals surface area contributed by atoms with Crippen molar-refractivity contribution in [1.29, 1.82) is 0 Å². The normalized spacial score (nSPS) is 18.4. The fourth-order valence-corrected chi connectivity index (χ4v) is 4.02. The lowest BCUT2D eigenvalue weighted by Crippen LogP contribution is -2.27. The fraction of sp³-hybridized carbons (Fsp3) is 0.409. The van der Waals surface area contributed by atoms with Gasteiger partial charge in [-0.3, -0.25) is 4.79 Å². The average Bonchev–Trinajstić information content (AvgIpc) is 3.42. The van der Waals surface area contributed by atoms with E-state index in [1.54, 1.807) is 0 Å². The molecule has 1 aliphatic rings. The molecule has 4 rings (SSSR count). The number of nitrogens with one attached hydrogen (secondary N) is 1. The van der Waals surface area contributed by atoms with E-state index < -0.39 is 0 Å². The molecule has 0 spiro atoms. The van der Waals surface area contributed by atoms with Gasteiger partial charge in [-0.05, 0) is 50.7 Å². The minimum Gasteiger partial charge on any atom is -0.382 e. The predicted octanol–water partition coefficient (Wildman–Crippen LogP) is 3.25. The summed E-state index contributed by atoms with van der Waals surface area (Å²) >= 11 is 0. The molecule has 3 aromatic rings. The number of rotatable bonds is 6. The van der Waals surface area contributed by atoms with Crippen LogP contribution in [0.15, 0.2) is 30.3 Å². The Bertz CT molecular complexity index is 1020. The molecule has 2 atom stereocenters. The first-order valence-corrected chi connectivity index (χ1v) is 9.89. The van der Waals surface area contributed by atoms with Gasteiger partial charge in [-0.1, -0.05) is 30.3 Å². The highest BCUT2D eigenvalue weighted by molar-refractivity contribution is 5.88. The van der Waals surface area contributed by atoms with Gasteiger partial charge in [0.15, 0.2) is 5.82 Å². The fourth-order valence-electron chi connectivity index (χ4n) is 4.02. The number of carbonyl (C=O) groups excluding carboxylic acids is 1. The maximum atomic E-state index is 12.4. The zero-order valence-electron chi connectivity index (χ0n) is 16.7. The van der Waals surface area contributed by atoms with E-state index in [9.17, 15) is 4.79 Å². The first kappa shape index (κ1) is 18.5. The SMILES string of the molecule is Cc1nc(N)c2nc(C)n(CCCNC(=O)[C@@H]3C[C@H]3c3ccccc3)c2c1C. The smallest absolute Gasteiger partial charge is 0.223 e. The predicted molar refractivity (Wildman–Crippen MR) is 111 cm³/mol. The lowest BCUT2D eigenvalue weighted by atomic mass is 10.1. The Labute approximate surface area is 165 Å². The van der Waals surface area contributed by atoms with Gasteiger partial charge in [-0.25, -0.2) is 9.97 Å². The molecule has 1 aromatic carbocycles. The minimum absolute atomic E-state index is 0.119. The first-order valence-electron chi connectivity index (χ1n) is 9.89. The summed E-state index contributed by atoms with van der Waals surface area (Å²) in [6.07, 6.45) is 1.80. The number of pyridine rings is 1. The van der Waals surface area contributed by atoms with Crippen LogP contribution in [0.3, 0.4) is 0 Å². The number of fused-ring (bicyclic) bond motifs is 1. The van der Waals surface area contributed by atoms with Crippen LogP contribution in [-0.2, 0) is 11.3 Å². The summed E-state index contributed by atoms with van der Waals surface area (Å²) in [6, 6.07) is 10.3. The maximum absolute atomic E-state index is 12.4. The number of aryl methyl sites for hydroxylation is 4. The number of imidazole rings is 1. The molecule has 2 aromatic heterocycles. The van der Waals surface area contributed by atoms with Crippen LogP contribution in [0, 0.1) is 26.7 Å². The molecule has 1 amide bonds. The van der Waals surface area contributed by atoms with Crippen molar-refractivity contribution in [2.24, 2.45) is 5.92 Å². The van der Waals surface area contributed by atoms with Gasteiger partial charge in [0.05, 0.1) is 5.52 Å². The van der Waals surface area contributed by atoms with Crippen molar-refractivity contribution in [2.75, 3.05) is 12.3 Å². The van der Waals surface area contributed by atoms with Crippen molar-refractivity contribution in [1.82, 2.24) is 19.9 Å². The molecule has 0 radical (unpaired) electrons. The molecule has 6 heteroatoms. The van der Waals surface area contributed by atoms with Crippen LogP contribution in [0.25, 0.3) is 11.0 Å². The summed E-state index contributed by atoms with van der Waals surface area (Å²) < 4.78 is 2.19. The third-order valence-electron chi connectivity index (χ3n) is 5.80. The Morgan fingerprint density at radius 2 is 1.96 bits per heavy atom. The Morgan fingerprint density at radius 1 is 1.21 bits per heavy atom. The first-order chi connectivity index (χ1) is 13.5. The number of hydrogen-bond acceptors (Lipinski definition) is 4. The molecule has 0 bridgehead atoms. The Hall–Kier alpha value is -2.89. The summed E-state index contributed by atoms with van der Waals surface area (Å²) in [6.45, 7) is 7.46. The van der Waals surface area contributed by atoms with Gasteiger partial charge in [-0.15, -0.1) is 0 Å². The van der Waals surface area contributed by atoms with Crippen LogP contribution >= 0.6 is 0 Å². The largest absolute Gasteiger partial charge is 0.382 e. The summed E-state index contributed by atoms with van der Waals surface area (Å²) in [7, 11) is 0. The molecule has 0 unspecified atom stereocenters. The van der Waals surface area contributed by atoms with E-state index in [1.807, 2.05) is 32.0 Å². The third-order valence-corrected chi connectivity index (χ3v) is 5.80. The van der Waals surface area contributed by atoms with Crippen LogP contribution in [0.5, 0.6) is 0 Å². The van der Waals surface area contributed by atoms with Crippen molar-refractivity contribution >= 4 is 22.8 Å². The zero-order chi connectivity index (χ0) is 19.8. The molecule has 146 valence electrons. The van der Waals surface area contributed by atoms with E-state index in [0.717, 1.165) is 47.5 Å². The van der Waals surface area contributed by atoms with E-state index in [1.165, 1.54) is 5.56 Å². The second-order valence-corrected chi connectivity index (χ2v) is 7.72. The molecular formula is C22H27N5O. The van der Waals surface area contributed by atoms with Crippen molar-refractivity contribution < 1.29 is 4.79 Å². The van der Waals surface area contributed by atoms with Gasteiger partial charge in [0.25, 0.3) is 0 Å². The van der Waals surface area contributed by atoms with E-state index >= 15 is 0 Å². The highest BCUT2D eigenvalue weighted by Crippen LogP contribution is 2.47. The number of anilines is 1. The molecular weight excluding hydrogens is 350 g/mol. The second-order valence-electron chi connectivity index (χ2n) is 7.72. The maximum Gasteiger partial charge on any atom is 0.223 e. The number of nitrogens with zero attached hydrogens (tertiary/aromatic N) is 3. The number of nitrogen functional groups attached to an aromatic ring is 1. The highest BCUT2D eigenvalue weighted by Gasteiger charge is 2.43. The van der Waals surface area contributed by atoms with Crippen LogP contribution < -0.4 is 11.1 Å². The van der Waals surface area contributed by atoms with E-state index in [0.29, 0.717) is 18.3 Å². The van der Waals surface area contributed by atoms with Crippen LogP contribution in [0.4, 0.5) is 5.82 Å². The number of hydrogen-bond donors (Lipinski definition) is 2. The molecule has 0 aliphatic heterocycles. The van der Waals surface area contributed by atoms with Gasteiger partial charge in [-0.2, -0.15) is 0 Å². The van der Waals surface area contributed by atoms with Gasteiger partial charge >= 0.3 is 0 Å². The van der Waals surface area contributed by atoms with Crippen LogP contribution in [0.2, 0.25) is 0 Å². The van der Waals surface area contributed by atoms with Crippen molar-refractivity contribution in [3.8, 4) is 0 Å². The summed E-state index contributed by atoms with van der Waals surface area (Å²) in [5.41, 5.74) is 11.2. The molecule has 2 heterocycles. The van der Waals surface area contributed by atoms with Crippen molar-refractivity contribution in [3.05, 3.63) is 53.0 Å². The minimum atomic E-state index is 0.119. The summed E-state index contributed by atoms with van der Waals surface area (Å²) in [5, 5.41) is 3.10. The molecule has 1 aliphatic carbocycles. The Morgan fingerprint density at radius 3 is 2.71 bits per heavy atom. The Balaban J connectivity index is 1.35. The number of amides is 1. The topological polar surface area (TPSA) is 85.8 Å². The lowest BCUT2D eigenvalue weighted by molar-refractivity contribution is -0.122. The quantitative estimate of drug-likeness (QED) is 0.646. The zero-order valence-corrected chi connectivity index (χ0v) is 16.7. The molecule has 28 heavy (non-hydrogen) atoms. The number of aromatic nitrogens is 3. The average molecular weight is 377 g/mol. The molecule has 6 nitrogen and oxygen atoms in total. The van der Waals surface area contributed by atoms with Gasteiger partial charge in [0.2, 0.25) is 5.91 Å². The summed E-state index contributed by atoms with van der Waals surface area (Å²) in [5.74, 6) is 2.07. The van der Waals surface area contributed by atoms with Gasteiger partial charge in [0, 0.05) is 24.7 Å². The highest BCUT2D eigenvalue weighted by atomic mass is 16.2. The van der Waals surface area contributed by atoms with Crippen LogP contribution in [0.1, 0.15) is 41.4 Å². The van der Waals surface area contributed by atoms with E-state index in [-0.39, 0.29) is 11.8 Å². The van der Waals surface area contributed by atoms with E-state index in [2.05, 4.69) is 38.9 Å². The van der Waals surface area contributed by atoms with Crippen molar-refractivity contribution in [2.45, 2.75) is 46.1 Å². The Kier molecular flexibility index (Phi) is 4.79.